The number of carbonyl (C=O) groups is 1. The number of nitrogens with one attached hydrogen (secondary N) is 1. The third-order valence-corrected chi connectivity index (χ3v) is 3.23. The summed E-state index contributed by atoms with van der Waals surface area (Å²) in [6, 6.07) is 11.2. The van der Waals surface area contributed by atoms with E-state index in [1.54, 1.807) is 7.11 Å². The van der Waals surface area contributed by atoms with Crippen molar-refractivity contribution in [2.45, 2.75) is 13.0 Å². The second kappa shape index (κ2) is 6.26. The standard InChI is InChI=1S/C16H17FN2O2/c1-10(11-3-6-13(21-2)7-4-11)19-16(20)12-5-8-15(18)14(17)9-12/h3-10H,18H2,1-2H3,(H,19,20). The second-order valence-corrected chi connectivity index (χ2v) is 4.70. The summed E-state index contributed by atoms with van der Waals surface area (Å²) in [5, 5.41) is 2.81. The van der Waals surface area contributed by atoms with Crippen molar-refractivity contribution in [3.8, 4) is 5.75 Å². The topological polar surface area (TPSA) is 64.3 Å². The van der Waals surface area contributed by atoms with Gasteiger partial charge in [-0.05, 0) is 42.8 Å². The summed E-state index contributed by atoms with van der Waals surface area (Å²) in [7, 11) is 1.59. The number of halogens is 1. The van der Waals surface area contributed by atoms with Gasteiger partial charge in [-0.1, -0.05) is 12.1 Å². The number of ether oxygens (including phenoxy) is 1. The predicted molar refractivity (Wildman–Crippen MR) is 79.7 cm³/mol. The number of methoxy groups -OCH3 is 1. The molecule has 3 N–H and O–H groups in total. The molecule has 0 aromatic heterocycles. The van der Waals surface area contributed by atoms with E-state index in [9.17, 15) is 9.18 Å². The monoisotopic (exact) mass is 288 g/mol. The number of nitrogens with two attached hydrogens (primary N) is 1. The molecule has 0 saturated carbocycles. The molecule has 0 heterocycles. The van der Waals surface area contributed by atoms with E-state index in [0.717, 1.165) is 17.4 Å². The SMILES string of the molecule is COc1ccc(C(C)NC(=O)c2ccc(N)c(F)c2)cc1. The van der Waals surface area contributed by atoms with E-state index >= 15 is 0 Å². The molecule has 110 valence electrons. The minimum atomic E-state index is -0.597. The lowest BCUT2D eigenvalue weighted by atomic mass is 10.1. The highest BCUT2D eigenvalue weighted by atomic mass is 19.1. The number of anilines is 1. The lowest BCUT2D eigenvalue weighted by Crippen LogP contribution is -2.26. The first kappa shape index (κ1) is 14.8. The van der Waals surface area contributed by atoms with Gasteiger partial charge in [0.2, 0.25) is 0 Å². The summed E-state index contributed by atoms with van der Waals surface area (Å²) < 4.78 is 18.4. The Morgan fingerprint density at radius 1 is 1.24 bits per heavy atom. The van der Waals surface area contributed by atoms with E-state index in [2.05, 4.69) is 5.32 Å². The molecule has 5 heteroatoms. The van der Waals surface area contributed by atoms with Gasteiger partial charge in [-0.25, -0.2) is 4.39 Å². The van der Waals surface area contributed by atoms with Gasteiger partial charge in [0, 0.05) is 5.56 Å². The number of hydrogen-bond acceptors (Lipinski definition) is 3. The number of amides is 1. The van der Waals surface area contributed by atoms with E-state index in [4.69, 9.17) is 10.5 Å². The first-order valence-electron chi connectivity index (χ1n) is 6.51. The van der Waals surface area contributed by atoms with Crippen molar-refractivity contribution < 1.29 is 13.9 Å². The van der Waals surface area contributed by atoms with Gasteiger partial charge in [-0.3, -0.25) is 4.79 Å². The van der Waals surface area contributed by atoms with Gasteiger partial charge < -0.3 is 15.8 Å². The average Bonchev–Trinajstić information content (AvgIpc) is 2.50. The van der Waals surface area contributed by atoms with Crippen LogP contribution < -0.4 is 15.8 Å². The van der Waals surface area contributed by atoms with Crippen LogP contribution in [-0.4, -0.2) is 13.0 Å². The van der Waals surface area contributed by atoms with Gasteiger partial charge in [-0.15, -0.1) is 0 Å². The Labute approximate surface area is 122 Å². The molecule has 0 fully saturated rings. The van der Waals surface area contributed by atoms with Crippen molar-refractivity contribution in [3.05, 3.63) is 59.4 Å². The Morgan fingerprint density at radius 2 is 1.90 bits per heavy atom. The molecule has 2 rings (SSSR count). The summed E-state index contributed by atoms with van der Waals surface area (Å²) in [6.07, 6.45) is 0. The van der Waals surface area contributed by atoms with Crippen molar-refractivity contribution in [2.75, 3.05) is 12.8 Å². The highest BCUT2D eigenvalue weighted by molar-refractivity contribution is 5.94. The number of nitrogen functional groups attached to an aromatic ring is 1. The van der Waals surface area contributed by atoms with E-state index in [1.807, 2.05) is 31.2 Å². The highest BCUT2D eigenvalue weighted by Gasteiger charge is 2.13. The molecule has 4 nitrogen and oxygen atoms in total. The van der Waals surface area contributed by atoms with Crippen LogP contribution in [-0.2, 0) is 0 Å². The molecule has 21 heavy (non-hydrogen) atoms. The largest absolute Gasteiger partial charge is 0.497 e. The normalized spacial score (nSPS) is 11.8. The maximum atomic E-state index is 13.4. The van der Waals surface area contributed by atoms with Crippen molar-refractivity contribution in [1.82, 2.24) is 5.32 Å². The molecule has 1 atom stereocenters. The van der Waals surface area contributed by atoms with E-state index in [1.165, 1.54) is 12.1 Å². The number of benzene rings is 2. The molecule has 1 unspecified atom stereocenters. The smallest absolute Gasteiger partial charge is 0.251 e. The van der Waals surface area contributed by atoms with Crippen LogP contribution in [0.25, 0.3) is 0 Å². The van der Waals surface area contributed by atoms with Crippen LogP contribution in [0, 0.1) is 5.82 Å². The first-order chi connectivity index (χ1) is 10.0. The third kappa shape index (κ3) is 3.51. The lowest BCUT2D eigenvalue weighted by Gasteiger charge is -2.15. The van der Waals surface area contributed by atoms with Crippen molar-refractivity contribution in [3.63, 3.8) is 0 Å². The minimum Gasteiger partial charge on any atom is -0.497 e. The van der Waals surface area contributed by atoms with Gasteiger partial charge in [0.05, 0.1) is 18.8 Å². The van der Waals surface area contributed by atoms with Crippen LogP contribution in [0.1, 0.15) is 28.9 Å². The Hall–Kier alpha value is -2.56. The average molecular weight is 288 g/mol. The maximum absolute atomic E-state index is 13.4. The summed E-state index contributed by atoms with van der Waals surface area (Å²) in [5.41, 5.74) is 6.58. The third-order valence-electron chi connectivity index (χ3n) is 3.23. The second-order valence-electron chi connectivity index (χ2n) is 4.70. The van der Waals surface area contributed by atoms with Gasteiger partial charge in [0.1, 0.15) is 11.6 Å². The van der Waals surface area contributed by atoms with E-state index in [0.29, 0.717) is 0 Å². The Kier molecular flexibility index (Phi) is 4.42. The number of carbonyl (C=O) groups excluding carboxylic acids is 1. The zero-order valence-electron chi connectivity index (χ0n) is 11.9. The molecule has 0 saturated heterocycles. The molecule has 2 aromatic carbocycles. The summed E-state index contributed by atoms with van der Waals surface area (Å²) in [6.45, 7) is 1.85. The van der Waals surface area contributed by atoms with Crippen LogP contribution >= 0.6 is 0 Å². The molecule has 0 aliphatic carbocycles. The summed E-state index contributed by atoms with van der Waals surface area (Å²) >= 11 is 0. The Balaban J connectivity index is 2.08. The predicted octanol–water partition coefficient (Wildman–Crippen LogP) is 2.91. The molecule has 2 aromatic rings. The fourth-order valence-electron chi connectivity index (χ4n) is 1.92. The molecular weight excluding hydrogens is 271 g/mol. The molecule has 0 radical (unpaired) electrons. The first-order valence-corrected chi connectivity index (χ1v) is 6.51. The summed E-state index contributed by atoms with van der Waals surface area (Å²) in [4.78, 5) is 12.1. The highest BCUT2D eigenvalue weighted by Crippen LogP contribution is 2.18. The van der Waals surface area contributed by atoms with Gasteiger partial charge in [0.15, 0.2) is 0 Å². The van der Waals surface area contributed by atoms with Crippen molar-refractivity contribution in [2.24, 2.45) is 0 Å². The van der Waals surface area contributed by atoms with E-state index < -0.39 is 5.82 Å². The fourth-order valence-corrected chi connectivity index (χ4v) is 1.92. The van der Waals surface area contributed by atoms with Crippen molar-refractivity contribution >= 4 is 11.6 Å². The molecule has 0 aliphatic rings. The quantitative estimate of drug-likeness (QED) is 0.850. The van der Waals surface area contributed by atoms with Crippen LogP contribution in [0.2, 0.25) is 0 Å². The molecule has 1 amide bonds. The molecule has 0 bridgehead atoms. The maximum Gasteiger partial charge on any atom is 0.251 e. The van der Waals surface area contributed by atoms with Crippen molar-refractivity contribution in [1.29, 1.82) is 0 Å². The molecule has 0 aliphatic heterocycles. The summed E-state index contributed by atoms with van der Waals surface area (Å²) in [5.74, 6) is -0.199. The van der Waals surface area contributed by atoms with Gasteiger partial charge in [0.25, 0.3) is 5.91 Å². The van der Waals surface area contributed by atoms with Crippen LogP contribution in [0.15, 0.2) is 42.5 Å². The number of rotatable bonds is 4. The zero-order valence-corrected chi connectivity index (χ0v) is 11.9. The number of hydrogen-bond donors (Lipinski definition) is 2. The Bertz CT molecular complexity index is 641. The van der Waals surface area contributed by atoms with Gasteiger partial charge in [-0.2, -0.15) is 0 Å². The van der Waals surface area contributed by atoms with Gasteiger partial charge >= 0.3 is 0 Å². The van der Waals surface area contributed by atoms with E-state index in [-0.39, 0.29) is 23.2 Å². The van der Waals surface area contributed by atoms with Crippen LogP contribution in [0.4, 0.5) is 10.1 Å². The lowest BCUT2D eigenvalue weighted by molar-refractivity contribution is 0.0939. The zero-order chi connectivity index (χ0) is 15.4. The molecular formula is C16H17FN2O2. The minimum absolute atomic E-state index is 0.0229. The van der Waals surface area contributed by atoms with Crippen LogP contribution in [0.3, 0.4) is 0 Å². The Morgan fingerprint density at radius 3 is 2.48 bits per heavy atom. The fraction of sp³-hybridized carbons (Fsp3) is 0.188. The molecule has 0 spiro atoms. The van der Waals surface area contributed by atoms with Crippen LogP contribution in [0.5, 0.6) is 5.75 Å².